The van der Waals surface area contributed by atoms with Crippen LogP contribution in [0.25, 0.3) is 11.3 Å². The van der Waals surface area contributed by atoms with E-state index in [4.69, 9.17) is 16.2 Å². The molecule has 43 heavy (non-hydrogen) atoms. The van der Waals surface area contributed by atoms with E-state index in [2.05, 4.69) is 37.9 Å². The van der Waals surface area contributed by atoms with E-state index in [1.54, 1.807) is 19.9 Å². The van der Waals surface area contributed by atoms with Crippen molar-refractivity contribution >= 4 is 23.4 Å². The molecule has 0 spiro atoms. The highest BCUT2D eigenvalue weighted by atomic mass is 16.5. The second-order valence-corrected chi connectivity index (χ2v) is 12.0. The normalized spacial score (nSPS) is 16.9. The van der Waals surface area contributed by atoms with Crippen molar-refractivity contribution in [2.45, 2.75) is 70.2 Å². The number of nitrogen functional groups attached to an aromatic ring is 1. The Labute approximate surface area is 253 Å². The zero-order valence-corrected chi connectivity index (χ0v) is 25.1. The van der Waals surface area contributed by atoms with Gasteiger partial charge < -0.3 is 36.6 Å². The second kappa shape index (κ2) is 13.4. The Bertz CT molecular complexity index is 1390. The van der Waals surface area contributed by atoms with Gasteiger partial charge in [-0.1, -0.05) is 30.3 Å². The van der Waals surface area contributed by atoms with Gasteiger partial charge in [-0.3, -0.25) is 9.89 Å². The van der Waals surface area contributed by atoms with Crippen LogP contribution < -0.4 is 31.7 Å². The summed E-state index contributed by atoms with van der Waals surface area (Å²) in [5.74, 6) is 0.913. The van der Waals surface area contributed by atoms with E-state index < -0.39 is 5.60 Å². The van der Waals surface area contributed by atoms with E-state index in [1.165, 1.54) is 0 Å². The van der Waals surface area contributed by atoms with Gasteiger partial charge in [0.05, 0.1) is 5.69 Å². The molecule has 0 radical (unpaired) electrons. The summed E-state index contributed by atoms with van der Waals surface area (Å²) in [6.07, 6.45) is 4.68. The van der Waals surface area contributed by atoms with Crippen LogP contribution in [-0.2, 0) is 11.3 Å². The summed E-state index contributed by atoms with van der Waals surface area (Å²) in [4.78, 5) is 30.4. The number of amides is 3. The summed E-state index contributed by atoms with van der Waals surface area (Å²) in [5, 5.41) is 13.1. The van der Waals surface area contributed by atoms with Gasteiger partial charge in [-0.15, -0.1) is 0 Å². The van der Waals surface area contributed by atoms with Crippen molar-refractivity contribution in [3.05, 3.63) is 60.2 Å². The van der Waals surface area contributed by atoms with Gasteiger partial charge in [0.1, 0.15) is 11.6 Å². The van der Waals surface area contributed by atoms with Crippen LogP contribution in [0.1, 0.15) is 51.5 Å². The van der Waals surface area contributed by atoms with Crippen LogP contribution in [0.15, 0.2) is 54.6 Å². The molecule has 1 aliphatic carbocycles. The Morgan fingerprint density at radius 3 is 2.63 bits per heavy atom. The van der Waals surface area contributed by atoms with E-state index in [-0.39, 0.29) is 24.0 Å². The van der Waals surface area contributed by atoms with Crippen molar-refractivity contribution in [3.63, 3.8) is 0 Å². The number of H-pyrrole nitrogens is 1. The number of aromatic amines is 1. The number of aromatic nitrogens is 2. The molecule has 0 unspecified atom stereocenters. The summed E-state index contributed by atoms with van der Waals surface area (Å²) in [7, 11) is 0. The van der Waals surface area contributed by atoms with Crippen molar-refractivity contribution in [2.24, 2.45) is 5.73 Å². The molecule has 5 rings (SSSR count). The number of hydrogen-bond acceptors (Lipinski definition) is 7. The predicted molar refractivity (Wildman–Crippen MR) is 169 cm³/mol. The third kappa shape index (κ3) is 7.98. The number of piperidine rings is 1. The number of nitrogens with zero attached hydrogens (tertiary/aromatic N) is 3. The number of rotatable bonds is 12. The van der Waals surface area contributed by atoms with Gasteiger partial charge in [0.25, 0.3) is 5.91 Å². The lowest BCUT2D eigenvalue weighted by atomic mass is 10.0. The maximum absolute atomic E-state index is 13.5. The average molecular weight is 589 g/mol. The third-order valence-corrected chi connectivity index (χ3v) is 7.98. The van der Waals surface area contributed by atoms with Crippen molar-refractivity contribution in [1.82, 2.24) is 25.7 Å². The number of carbonyl (C=O) groups is 2. The summed E-state index contributed by atoms with van der Waals surface area (Å²) >= 11 is 0. The monoisotopic (exact) mass is 588 g/mol. The lowest BCUT2D eigenvalue weighted by Gasteiger charge is -2.36. The van der Waals surface area contributed by atoms with E-state index in [0.29, 0.717) is 37.7 Å². The number of nitrogens with two attached hydrogens (primary N) is 2. The Morgan fingerprint density at radius 2 is 1.93 bits per heavy atom. The highest BCUT2D eigenvalue weighted by Gasteiger charge is 2.34. The number of anilines is 2. The molecule has 2 aliphatic rings. The molecule has 3 amide bonds. The molecule has 2 heterocycles. The fourth-order valence-corrected chi connectivity index (χ4v) is 5.41. The van der Waals surface area contributed by atoms with Gasteiger partial charge in [0, 0.05) is 56.1 Å². The summed E-state index contributed by atoms with van der Waals surface area (Å²) in [6, 6.07) is 18.1. The zero-order chi connectivity index (χ0) is 30.4. The smallest absolute Gasteiger partial charge is 0.318 e. The molecule has 2 fully saturated rings. The van der Waals surface area contributed by atoms with Gasteiger partial charge in [-0.05, 0) is 75.8 Å². The number of urea groups is 1. The molecule has 0 bridgehead atoms. The first-order valence-electron chi connectivity index (χ1n) is 15.2. The van der Waals surface area contributed by atoms with E-state index >= 15 is 0 Å². The van der Waals surface area contributed by atoms with Gasteiger partial charge in [0.15, 0.2) is 5.60 Å². The predicted octanol–water partition coefficient (Wildman–Crippen LogP) is 3.62. The highest BCUT2D eigenvalue weighted by Crippen LogP contribution is 2.30. The SMILES string of the molecule is CC(C)(Oc1cccc(N2CCC[C@@H](NC(=O)N(Cc3ccc(-c4cc(N)n[nH]4)cc3)C3CC3)C2)c1)C(=O)NCCCN. The number of ether oxygens (including phenoxy) is 1. The van der Waals surface area contributed by atoms with Crippen molar-refractivity contribution in [3.8, 4) is 17.0 Å². The fourth-order valence-electron chi connectivity index (χ4n) is 5.41. The number of benzene rings is 2. The first-order chi connectivity index (χ1) is 20.7. The molecule has 2 aromatic carbocycles. The summed E-state index contributed by atoms with van der Waals surface area (Å²) < 4.78 is 6.12. The van der Waals surface area contributed by atoms with Crippen LogP contribution in [0.3, 0.4) is 0 Å². The molecule has 1 aliphatic heterocycles. The molecule has 11 heteroatoms. The minimum Gasteiger partial charge on any atom is -0.478 e. The number of carbonyl (C=O) groups excluding carboxylic acids is 2. The molecule has 7 N–H and O–H groups in total. The quantitative estimate of drug-likeness (QED) is 0.202. The Hall–Kier alpha value is -4.25. The van der Waals surface area contributed by atoms with Gasteiger partial charge >= 0.3 is 6.03 Å². The van der Waals surface area contributed by atoms with Crippen molar-refractivity contribution in [1.29, 1.82) is 0 Å². The molecular formula is C32H44N8O3. The Morgan fingerprint density at radius 1 is 1.14 bits per heavy atom. The minimum absolute atomic E-state index is 0.0146. The third-order valence-electron chi connectivity index (χ3n) is 7.98. The molecular weight excluding hydrogens is 544 g/mol. The van der Waals surface area contributed by atoms with E-state index in [0.717, 1.165) is 61.2 Å². The van der Waals surface area contributed by atoms with Crippen LogP contribution >= 0.6 is 0 Å². The topological polar surface area (TPSA) is 155 Å². The summed E-state index contributed by atoms with van der Waals surface area (Å²) in [5.41, 5.74) is 14.2. The maximum atomic E-state index is 13.5. The number of hydrogen-bond donors (Lipinski definition) is 5. The van der Waals surface area contributed by atoms with Gasteiger partial charge in [-0.25, -0.2) is 4.79 Å². The van der Waals surface area contributed by atoms with E-state index in [1.807, 2.05) is 41.3 Å². The lowest BCUT2D eigenvalue weighted by Crippen LogP contribution is -2.52. The van der Waals surface area contributed by atoms with Crippen LogP contribution in [-0.4, -0.2) is 70.9 Å². The maximum Gasteiger partial charge on any atom is 0.318 e. The van der Waals surface area contributed by atoms with Crippen molar-refractivity contribution < 1.29 is 14.3 Å². The minimum atomic E-state index is -1.02. The Balaban J connectivity index is 1.18. The molecule has 1 atom stereocenters. The second-order valence-electron chi connectivity index (χ2n) is 12.0. The van der Waals surface area contributed by atoms with Crippen LogP contribution in [0.2, 0.25) is 0 Å². The largest absolute Gasteiger partial charge is 0.478 e. The first kappa shape index (κ1) is 30.2. The molecule has 1 saturated carbocycles. The Kier molecular flexibility index (Phi) is 9.40. The van der Waals surface area contributed by atoms with E-state index in [9.17, 15) is 9.59 Å². The lowest BCUT2D eigenvalue weighted by molar-refractivity contribution is -0.134. The molecule has 11 nitrogen and oxygen atoms in total. The van der Waals surface area contributed by atoms with Gasteiger partial charge in [0.2, 0.25) is 0 Å². The highest BCUT2D eigenvalue weighted by molar-refractivity contribution is 5.84. The van der Waals surface area contributed by atoms with Crippen molar-refractivity contribution in [2.75, 3.05) is 36.8 Å². The molecule has 3 aromatic rings. The van der Waals surface area contributed by atoms with Crippen LogP contribution in [0.5, 0.6) is 5.75 Å². The number of nitrogens with one attached hydrogen (secondary N) is 3. The standard InChI is InChI=1S/C32H44N8O3/c1-32(2,30(41)35-16-5-15-33)43-27-8-3-7-26(18-27)39-17-4-6-24(21-39)36-31(42)40(25-13-14-25)20-22-9-11-23(12-10-22)28-19-29(34)38-37-28/h3,7-12,18-19,24-25H,4-6,13-17,20-21,33H2,1-2H3,(H,35,41)(H,36,42)(H3,34,37,38)/t24-/m1/s1. The average Bonchev–Trinajstić information content (AvgIpc) is 3.75. The van der Waals surface area contributed by atoms with Crippen LogP contribution in [0, 0.1) is 0 Å². The zero-order valence-electron chi connectivity index (χ0n) is 25.1. The fraction of sp³-hybridized carbons (Fsp3) is 0.469. The molecule has 1 aromatic heterocycles. The molecule has 1 saturated heterocycles. The first-order valence-corrected chi connectivity index (χ1v) is 15.2. The van der Waals surface area contributed by atoms with Crippen LogP contribution in [0.4, 0.5) is 16.3 Å². The molecule has 230 valence electrons. The van der Waals surface area contributed by atoms with Gasteiger partial charge in [-0.2, -0.15) is 5.10 Å². The summed E-state index contributed by atoms with van der Waals surface area (Å²) in [6.45, 7) is 6.73.